The quantitative estimate of drug-likeness (QED) is 0.370. The van der Waals surface area contributed by atoms with Crippen LogP contribution in [0.4, 0.5) is 11.4 Å². The molecule has 1 heterocycles. The Morgan fingerprint density at radius 3 is 2.00 bits per heavy atom. The van der Waals surface area contributed by atoms with Gasteiger partial charge in [0.05, 0.1) is 17.9 Å². The number of nitrogens with zero attached hydrogens (tertiary/aromatic N) is 3. The van der Waals surface area contributed by atoms with Crippen LogP contribution >= 0.6 is 0 Å². The van der Waals surface area contributed by atoms with Crippen LogP contribution in [0.2, 0.25) is 0 Å². The fourth-order valence-corrected chi connectivity index (χ4v) is 6.01. The predicted molar refractivity (Wildman–Crippen MR) is 154 cm³/mol. The predicted octanol–water partition coefficient (Wildman–Crippen LogP) is 5.34. The van der Waals surface area contributed by atoms with E-state index in [0.29, 0.717) is 6.42 Å². The summed E-state index contributed by atoms with van der Waals surface area (Å²) < 4.78 is 0. The zero-order valence-corrected chi connectivity index (χ0v) is 21.8. The Bertz CT molecular complexity index is 1540. The van der Waals surface area contributed by atoms with Gasteiger partial charge < -0.3 is 20.0 Å². The van der Waals surface area contributed by atoms with Gasteiger partial charge in [-0.2, -0.15) is 0 Å². The van der Waals surface area contributed by atoms with E-state index in [1.54, 1.807) is 0 Å². The molecule has 5 nitrogen and oxygen atoms in total. The first-order valence-electron chi connectivity index (χ1n) is 12.9. The van der Waals surface area contributed by atoms with E-state index in [4.69, 9.17) is 0 Å². The van der Waals surface area contributed by atoms with Crippen molar-refractivity contribution in [3.8, 4) is 0 Å². The number of aliphatic hydroxyl groups is 2. The molecule has 5 heteroatoms. The summed E-state index contributed by atoms with van der Waals surface area (Å²) >= 11 is 0. The molecule has 2 aliphatic rings. The first-order chi connectivity index (χ1) is 17.8. The fourth-order valence-electron chi connectivity index (χ4n) is 6.01. The van der Waals surface area contributed by atoms with Gasteiger partial charge in [-0.15, -0.1) is 0 Å². The number of fused-ring (bicyclic) bond motifs is 2. The normalized spacial score (nSPS) is 23.1. The van der Waals surface area contributed by atoms with Crippen LogP contribution in [0.15, 0.2) is 89.6 Å². The number of aliphatic hydroxyl groups excluding tert-OH is 2. The summed E-state index contributed by atoms with van der Waals surface area (Å²) in [6.45, 7) is 0. The van der Waals surface area contributed by atoms with E-state index in [2.05, 4.69) is 81.5 Å². The Hall–Kier alpha value is -3.67. The monoisotopic (exact) mass is 491 g/mol. The molecule has 4 aromatic rings. The number of rotatable bonds is 5. The second-order valence-electron chi connectivity index (χ2n) is 10.7. The van der Waals surface area contributed by atoms with Crippen molar-refractivity contribution in [2.45, 2.75) is 24.5 Å². The van der Waals surface area contributed by atoms with E-state index in [0.717, 1.165) is 49.9 Å². The molecule has 188 valence electrons. The van der Waals surface area contributed by atoms with E-state index in [1.165, 1.54) is 5.39 Å². The van der Waals surface area contributed by atoms with E-state index >= 15 is 0 Å². The van der Waals surface area contributed by atoms with Crippen molar-refractivity contribution < 1.29 is 10.2 Å². The van der Waals surface area contributed by atoms with Crippen LogP contribution in [0, 0.1) is 5.92 Å². The second-order valence-corrected chi connectivity index (χ2v) is 10.7. The van der Waals surface area contributed by atoms with Gasteiger partial charge in [-0.1, -0.05) is 42.5 Å². The van der Waals surface area contributed by atoms with Crippen molar-refractivity contribution in [1.29, 1.82) is 0 Å². The zero-order chi connectivity index (χ0) is 25.8. The molecule has 2 N–H and O–H groups in total. The van der Waals surface area contributed by atoms with Gasteiger partial charge in [0.2, 0.25) is 0 Å². The second kappa shape index (κ2) is 9.02. The van der Waals surface area contributed by atoms with Crippen molar-refractivity contribution in [2.24, 2.45) is 10.9 Å². The SMILES string of the molecule is CN(C)c1ccc(C2=NC=C(C3C(O)C(c4ccc(N(C)C)c5cc6ccccc6cc45)C3O)C2)cc1. The van der Waals surface area contributed by atoms with E-state index < -0.39 is 12.2 Å². The molecule has 0 saturated heterocycles. The van der Waals surface area contributed by atoms with Gasteiger partial charge in [0.15, 0.2) is 0 Å². The van der Waals surface area contributed by atoms with E-state index in [9.17, 15) is 10.2 Å². The molecule has 1 fully saturated rings. The van der Waals surface area contributed by atoms with Crippen LogP contribution < -0.4 is 9.80 Å². The Morgan fingerprint density at radius 2 is 1.38 bits per heavy atom. The molecule has 0 aromatic heterocycles. The highest BCUT2D eigenvalue weighted by Gasteiger charge is 2.52. The largest absolute Gasteiger partial charge is 0.392 e. The smallest absolute Gasteiger partial charge is 0.0725 e. The number of benzene rings is 4. The van der Waals surface area contributed by atoms with Gasteiger partial charge in [-0.25, -0.2) is 0 Å². The van der Waals surface area contributed by atoms with Gasteiger partial charge in [0.25, 0.3) is 0 Å². The summed E-state index contributed by atoms with van der Waals surface area (Å²) in [4.78, 5) is 8.85. The standard InChI is InChI=1S/C32H33N3O2/c1-34(2)23-11-9-19(10-12-23)27-17-22(18-33-27)29-31(36)30(32(29)37)24-13-14-28(35(3)4)26-16-21-8-6-5-7-20(21)15-25(24)26/h5-16,18,29-32,36-37H,17H2,1-4H3. The topological polar surface area (TPSA) is 59.3 Å². The third-order valence-corrected chi connectivity index (χ3v) is 8.11. The molecule has 0 bridgehead atoms. The van der Waals surface area contributed by atoms with Crippen LogP contribution in [0.3, 0.4) is 0 Å². The molecule has 6 rings (SSSR count). The number of anilines is 2. The minimum atomic E-state index is -0.660. The van der Waals surface area contributed by atoms with Gasteiger partial charge in [0, 0.05) is 69.4 Å². The lowest BCUT2D eigenvalue weighted by molar-refractivity contribution is -0.0989. The molecule has 37 heavy (non-hydrogen) atoms. The summed E-state index contributed by atoms with van der Waals surface area (Å²) in [7, 11) is 8.14. The number of hydrogen-bond acceptors (Lipinski definition) is 5. The maximum Gasteiger partial charge on any atom is 0.0725 e. The Morgan fingerprint density at radius 1 is 0.730 bits per heavy atom. The van der Waals surface area contributed by atoms with Gasteiger partial charge in [-0.3, -0.25) is 4.99 Å². The van der Waals surface area contributed by atoms with Crippen molar-refractivity contribution in [1.82, 2.24) is 0 Å². The third-order valence-electron chi connectivity index (χ3n) is 8.11. The molecule has 1 saturated carbocycles. The van der Waals surface area contributed by atoms with E-state index in [-0.39, 0.29) is 11.8 Å². The summed E-state index contributed by atoms with van der Waals surface area (Å²) in [5, 5.41) is 27.3. The Balaban J connectivity index is 1.28. The first-order valence-corrected chi connectivity index (χ1v) is 12.9. The first kappa shape index (κ1) is 23.7. The summed E-state index contributed by atoms with van der Waals surface area (Å²) in [5.41, 5.74) is 6.33. The average Bonchev–Trinajstić information content (AvgIpc) is 3.37. The third kappa shape index (κ3) is 3.90. The highest BCUT2D eigenvalue weighted by Crippen LogP contribution is 2.50. The lowest BCUT2D eigenvalue weighted by Gasteiger charge is -2.48. The highest BCUT2D eigenvalue weighted by molar-refractivity contribution is 6.06. The van der Waals surface area contributed by atoms with E-state index in [1.807, 2.05) is 40.5 Å². The molecular formula is C32H33N3O2. The Labute approximate surface area is 218 Å². The van der Waals surface area contributed by atoms with Crippen LogP contribution in [-0.2, 0) is 0 Å². The van der Waals surface area contributed by atoms with Crippen LogP contribution in [-0.4, -0.2) is 56.3 Å². The molecule has 1 aliphatic heterocycles. The number of hydrogen-bond donors (Lipinski definition) is 2. The minimum Gasteiger partial charge on any atom is -0.392 e. The lowest BCUT2D eigenvalue weighted by Crippen LogP contribution is -2.54. The van der Waals surface area contributed by atoms with Crippen molar-refractivity contribution in [3.05, 3.63) is 95.7 Å². The molecule has 0 radical (unpaired) electrons. The van der Waals surface area contributed by atoms with Crippen LogP contribution in [0.25, 0.3) is 21.5 Å². The van der Waals surface area contributed by atoms with Gasteiger partial charge in [-0.05, 0) is 63.2 Å². The minimum absolute atomic E-state index is 0.309. The van der Waals surface area contributed by atoms with Crippen LogP contribution in [0.5, 0.6) is 0 Å². The fraction of sp³-hybridized carbons (Fsp3) is 0.281. The van der Waals surface area contributed by atoms with Gasteiger partial charge in [0.1, 0.15) is 0 Å². The van der Waals surface area contributed by atoms with Crippen molar-refractivity contribution >= 4 is 38.6 Å². The number of aliphatic imine (C=N–C) groups is 1. The molecular weight excluding hydrogens is 458 g/mol. The summed E-state index contributed by atoms with van der Waals surface area (Å²) in [6, 6.07) is 25.3. The highest BCUT2D eigenvalue weighted by atomic mass is 16.3. The maximum atomic E-state index is 11.4. The molecule has 2 atom stereocenters. The molecule has 0 amide bonds. The van der Waals surface area contributed by atoms with Gasteiger partial charge >= 0.3 is 0 Å². The molecule has 0 spiro atoms. The van der Waals surface area contributed by atoms with Crippen LogP contribution in [0.1, 0.15) is 23.5 Å². The molecule has 2 unspecified atom stereocenters. The lowest BCUT2D eigenvalue weighted by atomic mass is 9.62. The average molecular weight is 492 g/mol. The zero-order valence-electron chi connectivity index (χ0n) is 21.8. The summed E-state index contributed by atoms with van der Waals surface area (Å²) in [5.74, 6) is -0.648. The van der Waals surface area contributed by atoms with Crippen molar-refractivity contribution in [2.75, 3.05) is 38.0 Å². The maximum absolute atomic E-state index is 11.4. The molecule has 1 aliphatic carbocycles. The summed E-state index contributed by atoms with van der Waals surface area (Å²) in [6.07, 6.45) is 1.18. The van der Waals surface area contributed by atoms with Crippen molar-refractivity contribution in [3.63, 3.8) is 0 Å². The Kier molecular flexibility index (Phi) is 5.78. The molecule has 4 aromatic carbocycles.